The summed E-state index contributed by atoms with van der Waals surface area (Å²) in [4.78, 5) is 14.4. The van der Waals surface area contributed by atoms with Crippen LogP contribution in [0.5, 0.6) is 0 Å². The highest BCUT2D eigenvalue weighted by atomic mass is 79.9. The molecule has 1 aliphatic rings. The fourth-order valence-corrected chi connectivity index (χ4v) is 3.04. The van der Waals surface area contributed by atoms with Crippen LogP contribution < -0.4 is 10.2 Å². The molecule has 0 bridgehead atoms. The molecule has 0 spiro atoms. The first-order valence-corrected chi connectivity index (χ1v) is 7.84. The third-order valence-electron chi connectivity index (χ3n) is 3.76. The highest BCUT2D eigenvalue weighted by molar-refractivity contribution is 9.10. The Labute approximate surface area is 133 Å². The highest BCUT2D eigenvalue weighted by Crippen LogP contribution is 2.31. The predicted molar refractivity (Wildman–Crippen MR) is 89.7 cm³/mol. The number of hydrogen-bond donors (Lipinski definition) is 1. The van der Waals surface area contributed by atoms with Crippen molar-refractivity contribution in [2.24, 2.45) is 0 Å². The molecule has 2 aromatic carbocycles. The molecule has 0 saturated carbocycles. The Bertz CT molecular complexity index is 654. The molecular weight excluding hydrogens is 328 g/mol. The Kier molecular flexibility index (Phi) is 3.97. The smallest absolute Gasteiger partial charge is 0.246 e. The maximum atomic E-state index is 12.5. The van der Waals surface area contributed by atoms with Gasteiger partial charge in [-0.3, -0.25) is 4.79 Å². The van der Waals surface area contributed by atoms with Crippen molar-refractivity contribution < 1.29 is 4.79 Å². The predicted octanol–water partition coefficient (Wildman–Crippen LogP) is 3.84. The van der Waals surface area contributed by atoms with Crippen molar-refractivity contribution in [3.05, 3.63) is 58.6 Å². The second-order valence-electron chi connectivity index (χ2n) is 5.31. The van der Waals surface area contributed by atoms with E-state index in [4.69, 9.17) is 0 Å². The molecule has 1 amide bonds. The third kappa shape index (κ3) is 2.95. The molecule has 0 fully saturated rings. The zero-order chi connectivity index (χ0) is 14.8. The van der Waals surface area contributed by atoms with E-state index in [2.05, 4.69) is 34.2 Å². The molecule has 3 rings (SSSR count). The molecule has 0 radical (unpaired) electrons. The van der Waals surface area contributed by atoms with Crippen LogP contribution in [-0.2, 0) is 11.2 Å². The summed E-state index contributed by atoms with van der Waals surface area (Å²) >= 11 is 3.40. The van der Waals surface area contributed by atoms with E-state index in [1.807, 2.05) is 47.4 Å². The minimum absolute atomic E-state index is 0.107. The number of anilines is 2. The van der Waals surface area contributed by atoms with Gasteiger partial charge in [-0.25, -0.2) is 0 Å². The standard InChI is InChI=1S/C17H17BrN2O/c1-12-10-13-4-2-3-5-16(13)20(12)17(21)11-19-15-8-6-14(18)7-9-15/h2-9,12,19H,10-11H2,1H3/t12-/m1/s1. The van der Waals surface area contributed by atoms with E-state index in [0.717, 1.165) is 22.3 Å². The van der Waals surface area contributed by atoms with E-state index in [9.17, 15) is 4.79 Å². The number of amides is 1. The third-order valence-corrected chi connectivity index (χ3v) is 4.29. The fraction of sp³-hybridized carbons (Fsp3) is 0.235. The first-order chi connectivity index (χ1) is 10.1. The topological polar surface area (TPSA) is 32.3 Å². The maximum Gasteiger partial charge on any atom is 0.246 e. The van der Waals surface area contributed by atoms with Gasteiger partial charge in [0.25, 0.3) is 0 Å². The lowest BCUT2D eigenvalue weighted by Crippen LogP contribution is -2.39. The number of fused-ring (bicyclic) bond motifs is 1. The number of carbonyl (C=O) groups excluding carboxylic acids is 1. The molecule has 0 saturated heterocycles. The molecule has 1 atom stereocenters. The quantitative estimate of drug-likeness (QED) is 0.917. The zero-order valence-electron chi connectivity index (χ0n) is 11.8. The van der Waals surface area contributed by atoms with Crippen LogP contribution in [0.25, 0.3) is 0 Å². The summed E-state index contributed by atoms with van der Waals surface area (Å²) in [5, 5.41) is 3.19. The van der Waals surface area contributed by atoms with Gasteiger partial charge < -0.3 is 10.2 Å². The molecule has 3 nitrogen and oxygen atoms in total. The number of benzene rings is 2. The zero-order valence-corrected chi connectivity index (χ0v) is 13.4. The normalized spacial score (nSPS) is 16.7. The van der Waals surface area contributed by atoms with Crippen LogP contribution in [0.4, 0.5) is 11.4 Å². The van der Waals surface area contributed by atoms with Gasteiger partial charge in [0.15, 0.2) is 0 Å². The number of halogens is 1. The van der Waals surface area contributed by atoms with Crippen molar-refractivity contribution in [2.45, 2.75) is 19.4 Å². The summed E-state index contributed by atoms with van der Waals surface area (Å²) in [7, 11) is 0. The molecule has 21 heavy (non-hydrogen) atoms. The number of nitrogens with one attached hydrogen (secondary N) is 1. The van der Waals surface area contributed by atoms with Crippen LogP contribution in [-0.4, -0.2) is 18.5 Å². The van der Waals surface area contributed by atoms with Gasteiger partial charge in [0, 0.05) is 21.9 Å². The molecule has 4 heteroatoms. The van der Waals surface area contributed by atoms with Crippen LogP contribution >= 0.6 is 15.9 Å². The summed E-state index contributed by atoms with van der Waals surface area (Å²) < 4.78 is 1.03. The van der Waals surface area contributed by atoms with Crippen LogP contribution in [0.1, 0.15) is 12.5 Å². The van der Waals surface area contributed by atoms with Crippen molar-refractivity contribution in [2.75, 3.05) is 16.8 Å². The van der Waals surface area contributed by atoms with Gasteiger partial charge in [-0.1, -0.05) is 34.1 Å². The summed E-state index contributed by atoms with van der Waals surface area (Å²) in [5.41, 5.74) is 3.25. The first-order valence-electron chi connectivity index (χ1n) is 7.04. The molecule has 0 unspecified atom stereocenters. The fourth-order valence-electron chi connectivity index (χ4n) is 2.78. The number of carbonyl (C=O) groups is 1. The van der Waals surface area contributed by atoms with Crippen LogP contribution in [0.2, 0.25) is 0 Å². The van der Waals surface area contributed by atoms with E-state index in [1.54, 1.807) is 0 Å². The monoisotopic (exact) mass is 344 g/mol. The molecule has 1 aliphatic heterocycles. The SMILES string of the molecule is C[C@@H]1Cc2ccccc2N1C(=O)CNc1ccc(Br)cc1. The molecule has 0 aromatic heterocycles. The van der Waals surface area contributed by atoms with Crippen LogP contribution in [0.3, 0.4) is 0 Å². The number of rotatable bonds is 3. The van der Waals surface area contributed by atoms with Gasteiger partial charge in [-0.15, -0.1) is 0 Å². The Morgan fingerprint density at radius 3 is 2.71 bits per heavy atom. The highest BCUT2D eigenvalue weighted by Gasteiger charge is 2.29. The van der Waals surface area contributed by atoms with Gasteiger partial charge in [0.05, 0.1) is 6.54 Å². The number of nitrogens with zero attached hydrogens (tertiary/aromatic N) is 1. The Hall–Kier alpha value is -1.81. The molecule has 1 heterocycles. The maximum absolute atomic E-state index is 12.5. The van der Waals surface area contributed by atoms with Gasteiger partial charge in [0.2, 0.25) is 5.91 Å². The van der Waals surface area contributed by atoms with Crippen LogP contribution in [0.15, 0.2) is 53.0 Å². The van der Waals surface area contributed by atoms with Gasteiger partial charge in [-0.2, -0.15) is 0 Å². The molecule has 2 aromatic rings. The minimum atomic E-state index is 0.107. The van der Waals surface area contributed by atoms with E-state index in [0.29, 0.717) is 6.54 Å². The average molecular weight is 345 g/mol. The summed E-state index contributed by atoms with van der Waals surface area (Å²) in [6.45, 7) is 2.40. The molecule has 0 aliphatic carbocycles. The van der Waals surface area contributed by atoms with Crippen molar-refractivity contribution >= 4 is 33.2 Å². The van der Waals surface area contributed by atoms with Gasteiger partial charge in [0.1, 0.15) is 0 Å². The van der Waals surface area contributed by atoms with E-state index < -0.39 is 0 Å². The second-order valence-corrected chi connectivity index (χ2v) is 6.22. The van der Waals surface area contributed by atoms with Gasteiger partial charge >= 0.3 is 0 Å². The molecular formula is C17H17BrN2O. The average Bonchev–Trinajstić information content (AvgIpc) is 2.82. The minimum Gasteiger partial charge on any atom is -0.376 e. The lowest BCUT2D eigenvalue weighted by Gasteiger charge is -2.23. The summed E-state index contributed by atoms with van der Waals surface area (Å²) in [6, 6.07) is 16.2. The van der Waals surface area contributed by atoms with Crippen LogP contribution in [0, 0.1) is 0 Å². The van der Waals surface area contributed by atoms with Crippen molar-refractivity contribution in [1.29, 1.82) is 0 Å². The number of hydrogen-bond acceptors (Lipinski definition) is 2. The largest absolute Gasteiger partial charge is 0.376 e. The number of para-hydroxylation sites is 1. The van der Waals surface area contributed by atoms with Crippen molar-refractivity contribution in [3.63, 3.8) is 0 Å². The Balaban J connectivity index is 1.70. The molecule has 1 N–H and O–H groups in total. The Morgan fingerprint density at radius 2 is 1.95 bits per heavy atom. The lowest BCUT2D eigenvalue weighted by atomic mass is 10.1. The summed E-state index contributed by atoms with van der Waals surface area (Å²) in [6.07, 6.45) is 0.931. The van der Waals surface area contributed by atoms with Crippen molar-refractivity contribution in [3.8, 4) is 0 Å². The lowest BCUT2D eigenvalue weighted by molar-refractivity contribution is -0.117. The van der Waals surface area contributed by atoms with Gasteiger partial charge in [-0.05, 0) is 49.2 Å². The summed E-state index contributed by atoms with van der Waals surface area (Å²) in [5.74, 6) is 0.107. The van der Waals surface area contributed by atoms with E-state index in [-0.39, 0.29) is 11.9 Å². The van der Waals surface area contributed by atoms with Crippen molar-refractivity contribution in [1.82, 2.24) is 0 Å². The molecule has 108 valence electrons. The Morgan fingerprint density at radius 1 is 1.24 bits per heavy atom. The van der Waals surface area contributed by atoms with E-state index in [1.165, 1.54) is 5.56 Å². The second kappa shape index (κ2) is 5.90. The van der Waals surface area contributed by atoms with E-state index >= 15 is 0 Å². The first kappa shape index (κ1) is 14.1.